The second-order valence-electron chi connectivity index (χ2n) is 4.46. The third-order valence-corrected chi connectivity index (χ3v) is 3.16. The number of ether oxygens (including phenoxy) is 1. The first-order valence-electron chi connectivity index (χ1n) is 6.58. The molecule has 0 saturated heterocycles. The lowest BCUT2D eigenvalue weighted by molar-refractivity contribution is 0.0985. The summed E-state index contributed by atoms with van der Waals surface area (Å²) in [6.07, 6.45) is 0. The monoisotopic (exact) mass is 288 g/mol. The summed E-state index contributed by atoms with van der Waals surface area (Å²) in [5.41, 5.74) is 7.05. The summed E-state index contributed by atoms with van der Waals surface area (Å²) in [7, 11) is 1.46. The van der Waals surface area contributed by atoms with Crippen LogP contribution in [0.3, 0.4) is 0 Å². The van der Waals surface area contributed by atoms with E-state index in [9.17, 15) is 9.18 Å². The van der Waals surface area contributed by atoms with Crippen molar-refractivity contribution >= 4 is 17.3 Å². The van der Waals surface area contributed by atoms with Crippen molar-refractivity contribution in [2.75, 3.05) is 24.3 Å². The lowest BCUT2D eigenvalue weighted by Crippen LogP contribution is -2.31. The Bertz CT molecular complexity index is 658. The molecular weight excluding hydrogens is 271 g/mol. The molecule has 4 nitrogen and oxygen atoms in total. The van der Waals surface area contributed by atoms with Gasteiger partial charge in [0.05, 0.1) is 18.4 Å². The Labute approximate surface area is 122 Å². The van der Waals surface area contributed by atoms with Crippen molar-refractivity contribution in [2.24, 2.45) is 0 Å². The molecule has 0 aromatic heterocycles. The molecule has 1 amide bonds. The summed E-state index contributed by atoms with van der Waals surface area (Å²) < 4.78 is 18.6. The molecule has 0 spiro atoms. The number of anilines is 2. The van der Waals surface area contributed by atoms with Gasteiger partial charge in [0.2, 0.25) is 0 Å². The Morgan fingerprint density at radius 3 is 2.62 bits per heavy atom. The Balaban J connectivity index is 2.44. The molecule has 110 valence electrons. The summed E-state index contributed by atoms with van der Waals surface area (Å²) in [4.78, 5) is 14.2. The SMILES string of the molecule is CCN(C(=O)c1cccc(N)c1OC)c1cccc(F)c1. The average molecular weight is 288 g/mol. The first-order valence-corrected chi connectivity index (χ1v) is 6.58. The Morgan fingerprint density at radius 2 is 2.00 bits per heavy atom. The molecule has 21 heavy (non-hydrogen) atoms. The van der Waals surface area contributed by atoms with Gasteiger partial charge in [-0.15, -0.1) is 0 Å². The Morgan fingerprint density at radius 1 is 1.29 bits per heavy atom. The molecule has 0 fully saturated rings. The van der Waals surface area contributed by atoms with Crippen molar-refractivity contribution in [3.63, 3.8) is 0 Å². The van der Waals surface area contributed by atoms with E-state index < -0.39 is 5.82 Å². The van der Waals surface area contributed by atoms with Gasteiger partial charge in [0.15, 0.2) is 5.75 Å². The maximum atomic E-state index is 13.4. The van der Waals surface area contributed by atoms with Gasteiger partial charge in [0.25, 0.3) is 5.91 Å². The highest BCUT2D eigenvalue weighted by atomic mass is 19.1. The first-order chi connectivity index (χ1) is 10.1. The number of hydrogen-bond donors (Lipinski definition) is 1. The van der Waals surface area contributed by atoms with Crippen LogP contribution in [0.15, 0.2) is 42.5 Å². The molecule has 0 saturated carbocycles. The zero-order chi connectivity index (χ0) is 15.4. The van der Waals surface area contributed by atoms with E-state index in [2.05, 4.69) is 0 Å². The van der Waals surface area contributed by atoms with Gasteiger partial charge in [-0.05, 0) is 37.3 Å². The normalized spacial score (nSPS) is 10.2. The number of nitrogens with zero attached hydrogens (tertiary/aromatic N) is 1. The van der Waals surface area contributed by atoms with E-state index in [-0.39, 0.29) is 5.91 Å². The number of nitrogen functional groups attached to an aromatic ring is 1. The predicted molar refractivity (Wildman–Crippen MR) is 81.2 cm³/mol. The summed E-state index contributed by atoms with van der Waals surface area (Å²) in [6, 6.07) is 10.9. The minimum absolute atomic E-state index is 0.285. The topological polar surface area (TPSA) is 55.6 Å². The van der Waals surface area contributed by atoms with E-state index in [4.69, 9.17) is 10.5 Å². The van der Waals surface area contributed by atoms with Gasteiger partial charge in [0.1, 0.15) is 5.82 Å². The number of benzene rings is 2. The highest BCUT2D eigenvalue weighted by molar-refractivity contribution is 6.08. The van der Waals surface area contributed by atoms with Crippen LogP contribution in [0.5, 0.6) is 5.75 Å². The molecule has 2 rings (SSSR count). The van der Waals surface area contributed by atoms with Crippen molar-refractivity contribution in [1.82, 2.24) is 0 Å². The van der Waals surface area contributed by atoms with Crippen molar-refractivity contribution in [3.05, 3.63) is 53.8 Å². The Hall–Kier alpha value is -2.56. The molecular formula is C16H17FN2O2. The fourth-order valence-electron chi connectivity index (χ4n) is 2.18. The van der Waals surface area contributed by atoms with E-state index in [1.165, 1.54) is 24.1 Å². The first kappa shape index (κ1) is 14.8. The number of carbonyl (C=O) groups is 1. The van der Waals surface area contributed by atoms with Crippen LogP contribution in [-0.4, -0.2) is 19.6 Å². The van der Waals surface area contributed by atoms with Crippen LogP contribution in [0.25, 0.3) is 0 Å². The summed E-state index contributed by atoms with van der Waals surface area (Å²) in [5, 5.41) is 0. The van der Waals surface area contributed by atoms with Crippen LogP contribution in [0, 0.1) is 5.82 Å². The number of rotatable bonds is 4. The van der Waals surface area contributed by atoms with Crippen LogP contribution >= 0.6 is 0 Å². The maximum Gasteiger partial charge on any atom is 0.262 e. The third-order valence-electron chi connectivity index (χ3n) is 3.16. The Kier molecular flexibility index (Phi) is 4.42. The van der Waals surface area contributed by atoms with E-state index in [0.29, 0.717) is 29.2 Å². The number of halogens is 1. The van der Waals surface area contributed by atoms with Crippen molar-refractivity contribution in [2.45, 2.75) is 6.92 Å². The molecule has 0 heterocycles. The molecule has 2 aromatic carbocycles. The van der Waals surface area contributed by atoms with Crippen LogP contribution in [-0.2, 0) is 0 Å². The van der Waals surface area contributed by atoms with Gasteiger partial charge >= 0.3 is 0 Å². The lowest BCUT2D eigenvalue weighted by Gasteiger charge is -2.22. The van der Waals surface area contributed by atoms with Crippen LogP contribution < -0.4 is 15.4 Å². The predicted octanol–water partition coefficient (Wildman–Crippen LogP) is 3.08. The summed E-state index contributed by atoms with van der Waals surface area (Å²) in [6.45, 7) is 2.22. The van der Waals surface area contributed by atoms with Gasteiger partial charge in [-0.1, -0.05) is 12.1 Å². The van der Waals surface area contributed by atoms with Gasteiger partial charge in [0, 0.05) is 12.2 Å². The minimum Gasteiger partial charge on any atom is -0.494 e. The molecule has 2 aromatic rings. The zero-order valence-electron chi connectivity index (χ0n) is 12.0. The highest BCUT2D eigenvalue weighted by Gasteiger charge is 2.21. The third kappa shape index (κ3) is 2.97. The summed E-state index contributed by atoms with van der Waals surface area (Å²) >= 11 is 0. The van der Waals surface area contributed by atoms with Crippen LogP contribution in [0.1, 0.15) is 17.3 Å². The lowest BCUT2D eigenvalue weighted by atomic mass is 10.1. The second kappa shape index (κ2) is 6.26. The number of amides is 1. The average Bonchev–Trinajstić information content (AvgIpc) is 2.47. The largest absolute Gasteiger partial charge is 0.494 e. The fourth-order valence-corrected chi connectivity index (χ4v) is 2.18. The number of methoxy groups -OCH3 is 1. The van der Waals surface area contributed by atoms with E-state index >= 15 is 0 Å². The van der Waals surface area contributed by atoms with Gasteiger partial charge in [-0.25, -0.2) is 4.39 Å². The smallest absolute Gasteiger partial charge is 0.262 e. The fraction of sp³-hybridized carbons (Fsp3) is 0.188. The molecule has 0 aliphatic rings. The van der Waals surface area contributed by atoms with Crippen molar-refractivity contribution in [3.8, 4) is 5.75 Å². The molecule has 0 bridgehead atoms. The summed E-state index contributed by atoms with van der Waals surface area (Å²) in [5.74, 6) is -0.345. The number of carbonyl (C=O) groups excluding carboxylic acids is 1. The van der Waals surface area contributed by atoms with Crippen LogP contribution in [0.4, 0.5) is 15.8 Å². The van der Waals surface area contributed by atoms with Crippen molar-refractivity contribution in [1.29, 1.82) is 0 Å². The quantitative estimate of drug-likeness (QED) is 0.880. The van der Waals surface area contributed by atoms with Gasteiger partial charge in [-0.2, -0.15) is 0 Å². The zero-order valence-corrected chi connectivity index (χ0v) is 12.0. The van der Waals surface area contributed by atoms with Crippen molar-refractivity contribution < 1.29 is 13.9 Å². The number of hydrogen-bond acceptors (Lipinski definition) is 3. The molecule has 0 aliphatic heterocycles. The highest BCUT2D eigenvalue weighted by Crippen LogP contribution is 2.28. The molecule has 2 N–H and O–H groups in total. The van der Waals surface area contributed by atoms with E-state index in [1.807, 2.05) is 6.92 Å². The minimum atomic E-state index is -0.390. The molecule has 0 atom stereocenters. The maximum absolute atomic E-state index is 13.4. The van der Waals surface area contributed by atoms with E-state index in [0.717, 1.165) is 0 Å². The number of para-hydroxylation sites is 1. The molecule has 0 radical (unpaired) electrons. The van der Waals surface area contributed by atoms with Crippen LogP contribution in [0.2, 0.25) is 0 Å². The van der Waals surface area contributed by atoms with Gasteiger partial charge in [-0.3, -0.25) is 4.79 Å². The van der Waals surface area contributed by atoms with E-state index in [1.54, 1.807) is 30.3 Å². The standard InChI is InChI=1S/C16H17FN2O2/c1-3-19(12-7-4-6-11(17)10-12)16(20)13-8-5-9-14(18)15(13)21-2/h4-10H,3,18H2,1-2H3. The second-order valence-corrected chi connectivity index (χ2v) is 4.46. The molecule has 0 aliphatic carbocycles. The molecule has 0 unspecified atom stereocenters. The number of nitrogens with two attached hydrogens (primary N) is 1. The van der Waals surface area contributed by atoms with Gasteiger partial charge < -0.3 is 15.4 Å². The molecule has 5 heteroatoms.